The molecule has 0 aliphatic rings. The maximum Gasteiger partial charge on any atom is 0.203 e. The van der Waals surface area contributed by atoms with Gasteiger partial charge < -0.3 is 19.9 Å². The zero-order valence-electron chi connectivity index (χ0n) is 10.9. The number of ether oxygens (including phenoxy) is 3. The van der Waals surface area contributed by atoms with Gasteiger partial charge in [0.25, 0.3) is 0 Å². The molecule has 5 nitrogen and oxygen atoms in total. The van der Waals surface area contributed by atoms with Gasteiger partial charge in [0.15, 0.2) is 11.5 Å². The van der Waals surface area contributed by atoms with Gasteiger partial charge in [-0.3, -0.25) is 0 Å². The minimum Gasteiger partial charge on any atom is -0.493 e. The number of benzene rings is 1. The van der Waals surface area contributed by atoms with Crippen molar-refractivity contribution in [2.45, 2.75) is 6.61 Å². The smallest absolute Gasteiger partial charge is 0.203 e. The summed E-state index contributed by atoms with van der Waals surface area (Å²) in [5, 5.41) is 0. The lowest BCUT2D eigenvalue weighted by Gasteiger charge is -2.13. The summed E-state index contributed by atoms with van der Waals surface area (Å²) in [6, 6.07) is 9.08. The summed E-state index contributed by atoms with van der Waals surface area (Å²) in [4.78, 5) is 4.01. The third kappa shape index (κ3) is 3.07. The zero-order chi connectivity index (χ0) is 13.7. The van der Waals surface area contributed by atoms with Gasteiger partial charge in [0.2, 0.25) is 5.75 Å². The van der Waals surface area contributed by atoms with Crippen molar-refractivity contribution in [1.29, 1.82) is 0 Å². The van der Waals surface area contributed by atoms with E-state index in [4.69, 9.17) is 19.9 Å². The molecule has 0 spiro atoms. The second kappa shape index (κ2) is 5.95. The van der Waals surface area contributed by atoms with Crippen LogP contribution in [0.5, 0.6) is 17.2 Å². The van der Waals surface area contributed by atoms with E-state index >= 15 is 0 Å². The minimum absolute atomic E-state index is 0.365. The summed E-state index contributed by atoms with van der Waals surface area (Å²) >= 11 is 0. The molecule has 2 N–H and O–H groups in total. The fourth-order valence-electron chi connectivity index (χ4n) is 1.64. The average Bonchev–Trinajstić information content (AvgIpc) is 2.46. The van der Waals surface area contributed by atoms with Crippen molar-refractivity contribution in [2.24, 2.45) is 0 Å². The first-order chi connectivity index (χ1) is 9.24. The Morgan fingerprint density at radius 3 is 2.26 bits per heavy atom. The van der Waals surface area contributed by atoms with Crippen LogP contribution in [0.2, 0.25) is 0 Å². The molecule has 2 aromatic rings. The van der Waals surface area contributed by atoms with Crippen molar-refractivity contribution in [2.75, 3.05) is 20.0 Å². The second-order valence-corrected chi connectivity index (χ2v) is 3.87. The molecule has 1 heterocycles. The number of para-hydroxylation sites is 1. The van der Waals surface area contributed by atoms with Gasteiger partial charge in [-0.1, -0.05) is 12.1 Å². The first-order valence-corrected chi connectivity index (χ1v) is 5.78. The molecule has 100 valence electrons. The van der Waals surface area contributed by atoms with E-state index in [1.54, 1.807) is 26.5 Å². The zero-order valence-corrected chi connectivity index (χ0v) is 10.9. The van der Waals surface area contributed by atoms with Gasteiger partial charge in [0, 0.05) is 11.8 Å². The molecule has 5 heteroatoms. The first kappa shape index (κ1) is 13.0. The molecule has 0 saturated carbocycles. The normalized spacial score (nSPS) is 10.0. The van der Waals surface area contributed by atoms with Crippen LogP contribution >= 0.6 is 0 Å². The number of aromatic nitrogens is 1. The Morgan fingerprint density at radius 2 is 1.74 bits per heavy atom. The van der Waals surface area contributed by atoms with Gasteiger partial charge in [-0.05, 0) is 18.2 Å². The lowest BCUT2D eigenvalue weighted by molar-refractivity contribution is 0.265. The molecule has 19 heavy (non-hydrogen) atoms. The van der Waals surface area contributed by atoms with Crippen LogP contribution in [0.1, 0.15) is 5.56 Å². The topological polar surface area (TPSA) is 66.6 Å². The Bertz CT molecular complexity index is 519. The molecular weight excluding hydrogens is 244 g/mol. The lowest BCUT2D eigenvalue weighted by Crippen LogP contribution is -2.01. The lowest BCUT2D eigenvalue weighted by atomic mass is 10.2. The van der Waals surface area contributed by atoms with Gasteiger partial charge >= 0.3 is 0 Å². The van der Waals surface area contributed by atoms with Gasteiger partial charge in [0.05, 0.1) is 14.2 Å². The van der Waals surface area contributed by atoms with Crippen molar-refractivity contribution in [1.82, 2.24) is 4.98 Å². The molecule has 2 rings (SSSR count). The summed E-state index contributed by atoms with van der Waals surface area (Å²) in [7, 11) is 3.18. The molecule has 0 atom stereocenters. The van der Waals surface area contributed by atoms with Crippen molar-refractivity contribution in [3.8, 4) is 17.2 Å². The number of nitrogens with zero attached hydrogens (tertiary/aromatic N) is 1. The van der Waals surface area contributed by atoms with E-state index in [0.29, 0.717) is 29.7 Å². The van der Waals surface area contributed by atoms with E-state index in [2.05, 4.69) is 4.98 Å². The molecule has 0 saturated heterocycles. The molecule has 0 fully saturated rings. The van der Waals surface area contributed by atoms with Crippen LogP contribution in [0.3, 0.4) is 0 Å². The standard InChI is InChI=1S/C14H16N2O3/c1-17-11-4-3-5-12(18-2)14(11)19-9-10-6-7-13(15)16-8-10/h3-8H,9H2,1-2H3,(H2,15,16). The van der Waals surface area contributed by atoms with Crippen LogP contribution in [0.25, 0.3) is 0 Å². The van der Waals surface area contributed by atoms with E-state index in [1.165, 1.54) is 0 Å². The fraction of sp³-hybridized carbons (Fsp3) is 0.214. The highest BCUT2D eigenvalue weighted by atomic mass is 16.5. The number of nitrogens with two attached hydrogens (primary N) is 1. The minimum atomic E-state index is 0.365. The summed E-state index contributed by atoms with van der Waals surface area (Å²) in [6.07, 6.45) is 1.68. The first-order valence-electron chi connectivity index (χ1n) is 5.78. The third-order valence-corrected chi connectivity index (χ3v) is 2.61. The SMILES string of the molecule is COc1cccc(OC)c1OCc1ccc(N)nc1. The molecule has 0 aliphatic carbocycles. The van der Waals surface area contributed by atoms with Crippen molar-refractivity contribution in [3.63, 3.8) is 0 Å². The van der Waals surface area contributed by atoms with Crippen LogP contribution in [-0.4, -0.2) is 19.2 Å². The van der Waals surface area contributed by atoms with Crippen LogP contribution in [0, 0.1) is 0 Å². The largest absolute Gasteiger partial charge is 0.493 e. The maximum absolute atomic E-state index is 5.75. The van der Waals surface area contributed by atoms with Gasteiger partial charge in [-0.25, -0.2) is 4.98 Å². The second-order valence-electron chi connectivity index (χ2n) is 3.87. The fourth-order valence-corrected chi connectivity index (χ4v) is 1.64. The van der Waals surface area contributed by atoms with E-state index in [-0.39, 0.29) is 0 Å². The number of anilines is 1. The molecule has 0 amide bonds. The summed E-state index contributed by atoms with van der Waals surface area (Å²) < 4.78 is 16.3. The van der Waals surface area contributed by atoms with Gasteiger partial charge in [-0.15, -0.1) is 0 Å². The number of hydrogen-bond acceptors (Lipinski definition) is 5. The molecule has 1 aromatic heterocycles. The van der Waals surface area contributed by atoms with Crippen molar-refractivity contribution in [3.05, 3.63) is 42.1 Å². The van der Waals surface area contributed by atoms with Gasteiger partial charge in [0.1, 0.15) is 12.4 Å². The van der Waals surface area contributed by atoms with Gasteiger partial charge in [-0.2, -0.15) is 0 Å². The molecule has 0 bridgehead atoms. The Morgan fingerprint density at radius 1 is 1.05 bits per heavy atom. The molecule has 0 aliphatic heterocycles. The number of rotatable bonds is 5. The Kier molecular flexibility index (Phi) is 4.07. The molecule has 1 aromatic carbocycles. The molecule has 0 unspecified atom stereocenters. The number of hydrogen-bond donors (Lipinski definition) is 1. The third-order valence-electron chi connectivity index (χ3n) is 2.61. The summed E-state index contributed by atoms with van der Waals surface area (Å²) in [6.45, 7) is 0.365. The number of nitrogen functional groups attached to an aromatic ring is 1. The van der Waals surface area contributed by atoms with Crippen LogP contribution in [-0.2, 0) is 6.61 Å². The van der Waals surface area contributed by atoms with Crippen LogP contribution < -0.4 is 19.9 Å². The van der Waals surface area contributed by atoms with E-state index in [9.17, 15) is 0 Å². The predicted molar refractivity (Wildman–Crippen MR) is 72.5 cm³/mol. The Labute approximate surface area is 111 Å². The van der Waals surface area contributed by atoms with E-state index < -0.39 is 0 Å². The van der Waals surface area contributed by atoms with Crippen molar-refractivity contribution >= 4 is 5.82 Å². The summed E-state index contributed by atoms with van der Waals surface area (Å²) in [5.41, 5.74) is 6.45. The maximum atomic E-state index is 5.75. The van der Waals surface area contributed by atoms with E-state index in [1.807, 2.05) is 24.3 Å². The highest BCUT2D eigenvalue weighted by molar-refractivity contribution is 5.51. The quantitative estimate of drug-likeness (QED) is 0.893. The van der Waals surface area contributed by atoms with Crippen molar-refractivity contribution < 1.29 is 14.2 Å². The predicted octanol–water partition coefficient (Wildman–Crippen LogP) is 2.26. The van der Waals surface area contributed by atoms with Crippen LogP contribution in [0.4, 0.5) is 5.82 Å². The summed E-state index contributed by atoms with van der Waals surface area (Å²) in [5.74, 6) is 2.31. The number of pyridine rings is 1. The molecular formula is C14H16N2O3. The monoisotopic (exact) mass is 260 g/mol. The molecule has 0 radical (unpaired) electrons. The van der Waals surface area contributed by atoms with Crippen LogP contribution in [0.15, 0.2) is 36.5 Å². The highest BCUT2D eigenvalue weighted by Gasteiger charge is 2.11. The Balaban J connectivity index is 2.16. The van der Waals surface area contributed by atoms with E-state index in [0.717, 1.165) is 5.56 Å². The average molecular weight is 260 g/mol. The Hall–Kier alpha value is -2.43. The highest BCUT2D eigenvalue weighted by Crippen LogP contribution is 2.37. The number of methoxy groups -OCH3 is 2.